The number of anilines is 2. The highest BCUT2D eigenvalue weighted by atomic mass is 16.5. The number of methoxy groups -OCH3 is 2. The largest absolute Gasteiger partial charge is 0.493 e. The maximum Gasteiger partial charge on any atom is 0.224 e. The number of aryl methyl sites for hydroxylation is 1. The van der Waals surface area contributed by atoms with E-state index >= 15 is 0 Å². The number of carbonyl (C=O) groups excluding carboxylic acids is 1. The molecule has 2 rings (SSSR count). The summed E-state index contributed by atoms with van der Waals surface area (Å²) in [4.78, 5) is 12.0. The van der Waals surface area contributed by atoms with Gasteiger partial charge in [-0.2, -0.15) is 0 Å². The van der Waals surface area contributed by atoms with Gasteiger partial charge in [0.2, 0.25) is 5.91 Å². The SMILES string of the molecule is COc1ccc(CCC(=O)Nc2cccc(N)c2)cc1OC. The third-order valence-corrected chi connectivity index (χ3v) is 3.26. The van der Waals surface area contributed by atoms with Gasteiger partial charge in [0.25, 0.3) is 0 Å². The van der Waals surface area contributed by atoms with Crippen LogP contribution in [0.5, 0.6) is 11.5 Å². The maximum atomic E-state index is 12.0. The van der Waals surface area contributed by atoms with Gasteiger partial charge in [-0.25, -0.2) is 0 Å². The molecule has 0 aromatic heterocycles. The highest BCUT2D eigenvalue weighted by Gasteiger charge is 2.07. The molecule has 0 fully saturated rings. The van der Waals surface area contributed by atoms with Gasteiger partial charge in [0.15, 0.2) is 11.5 Å². The van der Waals surface area contributed by atoms with Gasteiger partial charge in [-0.3, -0.25) is 4.79 Å². The topological polar surface area (TPSA) is 73.6 Å². The number of carbonyl (C=O) groups is 1. The summed E-state index contributed by atoms with van der Waals surface area (Å²) in [5.74, 6) is 1.28. The highest BCUT2D eigenvalue weighted by Crippen LogP contribution is 2.28. The number of benzene rings is 2. The van der Waals surface area contributed by atoms with E-state index in [2.05, 4.69) is 5.32 Å². The Bertz CT molecular complexity index is 656. The number of hydrogen-bond acceptors (Lipinski definition) is 4. The zero-order chi connectivity index (χ0) is 15.9. The lowest BCUT2D eigenvalue weighted by Gasteiger charge is -2.10. The van der Waals surface area contributed by atoms with Gasteiger partial charge in [-0.05, 0) is 42.3 Å². The molecule has 22 heavy (non-hydrogen) atoms. The second kappa shape index (κ2) is 7.36. The van der Waals surface area contributed by atoms with Gasteiger partial charge in [0.1, 0.15) is 0 Å². The van der Waals surface area contributed by atoms with Crippen molar-refractivity contribution in [3.63, 3.8) is 0 Å². The van der Waals surface area contributed by atoms with Crippen molar-refractivity contribution in [3.8, 4) is 11.5 Å². The third-order valence-electron chi connectivity index (χ3n) is 3.26. The first-order chi connectivity index (χ1) is 10.6. The Morgan fingerprint density at radius 3 is 2.55 bits per heavy atom. The summed E-state index contributed by atoms with van der Waals surface area (Å²) in [6.07, 6.45) is 0.999. The van der Waals surface area contributed by atoms with Crippen LogP contribution < -0.4 is 20.5 Å². The van der Waals surface area contributed by atoms with Crippen LogP contribution in [0.15, 0.2) is 42.5 Å². The van der Waals surface area contributed by atoms with E-state index in [1.54, 1.807) is 32.4 Å². The van der Waals surface area contributed by atoms with Gasteiger partial charge in [-0.15, -0.1) is 0 Å². The molecule has 0 atom stereocenters. The minimum absolute atomic E-state index is 0.0552. The van der Waals surface area contributed by atoms with Crippen LogP contribution in [0.3, 0.4) is 0 Å². The quantitative estimate of drug-likeness (QED) is 0.805. The Morgan fingerprint density at radius 2 is 1.86 bits per heavy atom. The Morgan fingerprint density at radius 1 is 1.09 bits per heavy atom. The van der Waals surface area contributed by atoms with Crippen LogP contribution in [0.4, 0.5) is 11.4 Å². The summed E-state index contributed by atoms with van der Waals surface area (Å²) < 4.78 is 10.4. The molecule has 0 saturated heterocycles. The molecule has 0 saturated carbocycles. The van der Waals surface area contributed by atoms with Gasteiger partial charge in [0, 0.05) is 17.8 Å². The van der Waals surface area contributed by atoms with E-state index < -0.39 is 0 Å². The minimum atomic E-state index is -0.0552. The van der Waals surface area contributed by atoms with Crippen LogP contribution in [0.25, 0.3) is 0 Å². The number of hydrogen-bond donors (Lipinski definition) is 2. The first kappa shape index (κ1) is 15.7. The first-order valence-corrected chi connectivity index (χ1v) is 6.98. The molecule has 0 heterocycles. The Kier molecular flexibility index (Phi) is 5.25. The summed E-state index contributed by atoms with van der Waals surface area (Å²) in [5.41, 5.74) is 8.02. The van der Waals surface area contributed by atoms with E-state index in [4.69, 9.17) is 15.2 Å². The van der Waals surface area contributed by atoms with Crippen LogP contribution in [0.1, 0.15) is 12.0 Å². The number of nitrogens with two attached hydrogens (primary N) is 1. The molecule has 5 heteroatoms. The van der Waals surface area contributed by atoms with Gasteiger partial charge < -0.3 is 20.5 Å². The lowest BCUT2D eigenvalue weighted by atomic mass is 10.1. The summed E-state index contributed by atoms with van der Waals surface area (Å²) in [7, 11) is 3.19. The van der Waals surface area contributed by atoms with Crippen LogP contribution >= 0.6 is 0 Å². The molecule has 0 aliphatic carbocycles. The fourth-order valence-corrected chi connectivity index (χ4v) is 2.13. The molecule has 116 valence electrons. The van der Waals surface area contributed by atoms with Crippen molar-refractivity contribution in [2.75, 3.05) is 25.3 Å². The van der Waals surface area contributed by atoms with E-state index in [1.165, 1.54) is 0 Å². The fraction of sp³-hybridized carbons (Fsp3) is 0.235. The summed E-state index contributed by atoms with van der Waals surface area (Å²) in [6, 6.07) is 12.8. The Labute approximate surface area is 130 Å². The molecule has 1 amide bonds. The number of rotatable bonds is 6. The smallest absolute Gasteiger partial charge is 0.224 e. The Hall–Kier alpha value is -2.69. The second-order valence-electron chi connectivity index (χ2n) is 4.86. The van der Waals surface area contributed by atoms with Crippen molar-refractivity contribution in [3.05, 3.63) is 48.0 Å². The standard InChI is InChI=1S/C17H20N2O3/c1-21-15-8-6-12(10-16(15)22-2)7-9-17(20)19-14-5-3-4-13(18)11-14/h3-6,8,10-11H,7,9,18H2,1-2H3,(H,19,20). The molecule has 2 aromatic carbocycles. The van der Waals surface area contributed by atoms with Crippen LogP contribution in [0, 0.1) is 0 Å². The zero-order valence-electron chi connectivity index (χ0n) is 12.8. The lowest BCUT2D eigenvalue weighted by Crippen LogP contribution is -2.12. The number of nitrogen functional groups attached to an aromatic ring is 1. The van der Waals surface area contributed by atoms with Crippen LogP contribution in [-0.2, 0) is 11.2 Å². The van der Waals surface area contributed by atoms with Crippen molar-refractivity contribution < 1.29 is 14.3 Å². The molecule has 0 radical (unpaired) electrons. The molecule has 0 spiro atoms. The van der Waals surface area contributed by atoms with E-state index in [9.17, 15) is 4.79 Å². The molecule has 2 aromatic rings. The van der Waals surface area contributed by atoms with Gasteiger partial charge >= 0.3 is 0 Å². The average molecular weight is 300 g/mol. The molecular formula is C17H20N2O3. The van der Waals surface area contributed by atoms with Gasteiger partial charge in [0.05, 0.1) is 14.2 Å². The monoisotopic (exact) mass is 300 g/mol. The average Bonchev–Trinajstić information content (AvgIpc) is 2.52. The number of ether oxygens (including phenoxy) is 2. The first-order valence-electron chi connectivity index (χ1n) is 6.98. The van der Waals surface area contributed by atoms with Crippen molar-refractivity contribution in [1.82, 2.24) is 0 Å². The van der Waals surface area contributed by atoms with Crippen molar-refractivity contribution in [2.24, 2.45) is 0 Å². The fourth-order valence-electron chi connectivity index (χ4n) is 2.13. The molecule has 0 aliphatic heterocycles. The minimum Gasteiger partial charge on any atom is -0.493 e. The molecule has 0 unspecified atom stereocenters. The van der Waals surface area contributed by atoms with E-state index in [1.807, 2.05) is 24.3 Å². The van der Waals surface area contributed by atoms with Crippen LogP contribution in [-0.4, -0.2) is 20.1 Å². The van der Waals surface area contributed by atoms with Crippen molar-refractivity contribution in [1.29, 1.82) is 0 Å². The summed E-state index contributed by atoms with van der Waals surface area (Å²) in [6.45, 7) is 0. The highest BCUT2D eigenvalue weighted by molar-refractivity contribution is 5.91. The maximum absolute atomic E-state index is 12.0. The number of amides is 1. The predicted octanol–water partition coefficient (Wildman–Crippen LogP) is 2.86. The predicted molar refractivity (Wildman–Crippen MR) is 87.4 cm³/mol. The van der Waals surface area contributed by atoms with E-state index in [-0.39, 0.29) is 5.91 Å². The third kappa shape index (κ3) is 4.15. The normalized spacial score (nSPS) is 10.1. The molecule has 3 N–H and O–H groups in total. The van der Waals surface area contributed by atoms with E-state index in [0.717, 1.165) is 5.56 Å². The Balaban J connectivity index is 1.93. The summed E-state index contributed by atoms with van der Waals surface area (Å²) in [5, 5.41) is 2.83. The second-order valence-corrected chi connectivity index (χ2v) is 4.86. The molecule has 0 bridgehead atoms. The van der Waals surface area contributed by atoms with Crippen molar-refractivity contribution >= 4 is 17.3 Å². The lowest BCUT2D eigenvalue weighted by molar-refractivity contribution is -0.116. The zero-order valence-corrected chi connectivity index (χ0v) is 12.8. The van der Waals surface area contributed by atoms with Crippen molar-refractivity contribution in [2.45, 2.75) is 12.8 Å². The van der Waals surface area contributed by atoms with E-state index in [0.29, 0.717) is 35.7 Å². The molecular weight excluding hydrogens is 280 g/mol. The molecule has 5 nitrogen and oxygen atoms in total. The van der Waals surface area contributed by atoms with Gasteiger partial charge in [-0.1, -0.05) is 12.1 Å². The number of nitrogens with one attached hydrogen (secondary N) is 1. The summed E-state index contributed by atoms with van der Waals surface area (Å²) >= 11 is 0. The van der Waals surface area contributed by atoms with Crippen LogP contribution in [0.2, 0.25) is 0 Å². The molecule has 0 aliphatic rings.